The van der Waals surface area contributed by atoms with Crippen molar-refractivity contribution in [3.63, 3.8) is 0 Å². The monoisotopic (exact) mass is 355 g/mol. The van der Waals surface area contributed by atoms with Crippen LogP contribution in [0.15, 0.2) is 40.5 Å². The molecule has 0 aliphatic carbocycles. The number of pyridine rings is 1. The fourth-order valence-corrected chi connectivity index (χ4v) is 4.25. The highest BCUT2D eigenvalue weighted by atomic mass is 32.2. The van der Waals surface area contributed by atoms with Crippen molar-refractivity contribution in [1.29, 1.82) is 0 Å². The lowest BCUT2D eigenvalue weighted by Crippen LogP contribution is -2.33. The Morgan fingerprint density at radius 2 is 1.48 bits per heavy atom. The van der Waals surface area contributed by atoms with Crippen LogP contribution in [-0.4, -0.2) is 41.1 Å². The first kappa shape index (κ1) is 16.6. The van der Waals surface area contributed by atoms with Crippen LogP contribution in [-0.2, 0) is 0 Å². The van der Waals surface area contributed by atoms with E-state index < -0.39 is 0 Å². The Labute approximate surface area is 153 Å². The molecule has 0 aromatic carbocycles. The van der Waals surface area contributed by atoms with Crippen molar-refractivity contribution >= 4 is 23.5 Å². The van der Waals surface area contributed by atoms with E-state index in [0.29, 0.717) is 0 Å². The van der Waals surface area contributed by atoms with Crippen molar-refractivity contribution < 1.29 is 0 Å². The predicted octanol–water partition coefficient (Wildman–Crippen LogP) is 4.00. The molecule has 4 heterocycles. The molecule has 0 unspecified atom stereocenters. The molecule has 0 saturated carbocycles. The van der Waals surface area contributed by atoms with Gasteiger partial charge in [0.15, 0.2) is 0 Å². The first-order valence-electron chi connectivity index (χ1n) is 9.36. The summed E-state index contributed by atoms with van der Waals surface area (Å²) in [5.41, 5.74) is 0. The van der Waals surface area contributed by atoms with Crippen molar-refractivity contribution in [1.82, 2.24) is 15.0 Å². The highest BCUT2D eigenvalue weighted by molar-refractivity contribution is 7.99. The highest BCUT2D eigenvalue weighted by Crippen LogP contribution is 2.30. The van der Waals surface area contributed by atoms with Gasteiger partial charge in [0.1, 0.15) is 15.9 Å². The molecular formula is C19H25N5S. The van der Waals surface area contributed by atoms with Gasteiger partial charge in [0.25, 0.3) is 0 Å². The molecule has 0 bridgehead atoms. The number of aromatic nitrogens is 3. The first-order chi connectivity index (χ1) is 12.4. The summed E-state index contributed by atoms with van der Waals surface area (Å²) >= 11 is 1.63. The van der Waals surface area contributed by atoms with Crippen LogP contribution < -0.4 is 9.80 Å². The van der Waals surface area contributed by atoms with Crippen LogP contribution in [0.1, 0.15) is 38.5 Å². The van der Waals surface area contributed by atoms with Crippen molar-refractivity contribution in [2.24, 2.45) is 0 Å². The van der Waals surface area contributed by atoms with Gasteiger partial charge in [-0.05, 0) is 62.4 Å². The van der Waals surface area contributed by atoms with Crippen LogP contribution in [0.3, 0.4) is 0 Å². The van der Waals surface area contributed by atoms with Crippen LogP contribution in [0.4, 0.5) is 11.8 Å². The molecule has 2 aromatic rings. The molecule has 0 amide bonds. The summed E-state index contributed by atoms with van der Waals surface area (Å²) in [6, 6.07) is 8.14. The van der Waals surface area contributed by atoms with Gasteiger partial charge in [-0.1, -0.05) is 6.07 Å². The van der Waals surface area contributed by atoms with E-state index in [2.05, 4.69) is 20.9 Å². The number of anilines is 2. The van der Waals surface area contributed by atoms with Crippen LogP contribution in [0.2, 0.25) is 0 Å². The van der Waals surface area contributed by atoms with Gasteiger partial charge in [0, 0.05) is 38.4 Å². The normalized spacial score (nSPS) is 18.4. The van der Waals surface area contributed by atoms with E-state index in [1.165, 1.54) is 38.5 Å². The van der Waals surface area contributed by atoms with E-state index in [1.807, 2.05) is 24.4 Å². The second kappa shape index (κ2) is 8.04. The van der Waals surface area contributed by atoms with Crippen LogP contribution in [0, 0.1) is 0 Å². The number of hydrogen-bond donors (Lipinski definition) is 0. The Balaban J connectivity index is 1.64. The molecule has 132 valence electrons. The summed E-state index contributed by atoms with van der Waals surface area (Å²) in [6.45, 7) is 4.34. The molecule has 2 saturated heterocycles. The number of rotatable bonds is 4. The van der Waals surface area contributed by atoms with Crippen molar-refractivity contribution in [3.8, 4) is 0 Å². The van der Waals surface area contributed by atoms with E-state index in [9.17, 15) is 0 Å². The van der Waals surface area contributed by atoms with E-state index >= 15 is 0 Å². The minimum Gasteiger partial charge on any atom is -0.356 e. The standard InChI is InChI=1S/C19H25N5S/c1-5-11-23(12-6-1)16-15-18(25-17-9-3-4-10-20-17)22-19(21-16)24-13-7-2-8-14-24/h3-4,9-10,15H,1-2,5-8,11-14H2. The fraction of sp³-hybridized carbons (Fsp3) is 0.526. The Bertz CT molecular complexity index is 645. The summed E-state index contributed by atoms with van der Waals surface area (Å²) in [5, 5.41) is 1.98. The molecule has 0 N–H and O–H groups in total. The molecule has 0 atom stereocenters. The third kappa shape index (κ3) is 4.24. The molecule has 2 aliphatic rings. The molecule has 25 heavy (non-hydrogen) atoms. The topological polar surface area (TPSA) is 45.2 Å². The third-order valence-electron chi connectivity index (χ3n) is 4.84. The van der Waals surface area contributed by atoms with E-state index in [1.54, 1.807) is 11.8 Å². The van der Waals surface area contributed by atoms with E-state index in [-0.39, 0.29) is 0 Å². The van der Waals surface area contributed by atoms with Crippen molar-refractivity contribution in [2.75, 3.05) is 36.0 Å². The number of hydrogen-bond acceptors (Lipinski definition) is 6. The number of nitrogens with zero attached hydrogens (tertiary/aromatic N) is 5. The molecule has 0 radical (unpaired) electrons. The first-order valence-corrected chi connectivity index (χ1v) is 10.2. The largest absolute Gasteiger partial charge is 0.356 e. The fourth-order valence-electron chi connectivity index (χ4n) is 3.49. The molecule has 2 aromatic heterocycles. The van der Waals surface area contributed by atoms with Crippen LogP contribution in [0.25, 0.3) is 0 Å². The summed E-state index contributed by atoms with van der Waals surface area (Å²) in [5.74, 6) is 1.97. The van der Waals surface area contributed by atoms with Gasteiger partial charge in [0.05, 0.1) is 0 Å². The maximum atomic E-state index is 4.93. The zero-order chi connectivity index (χ0) is 16.9. The maximum absolute atomic E-state index is 4.93. The minimum atomic E-state index is 0.890. The Kier molecular flexibility index (Phi) is 5.35. The smallest absolute Gasteiger partial charge is 0.228 e. The van der Waals surface area contributed by atoms with E-state index in [4.69, 9.17) is 9.97 Å². The third-order valence-corrected chi connectivity index (χ3v) is 5.71. The van der Waals surface area contributed by atoms with Gasteiger partial charge in [-0.15, -0.1) is 0 Å². The Morgan fingerprint density at radius 3 is 2.16 bits per heavy atom. The van der Waals surface area contributed by atoms with Crippen molar-refractivity contribution in [3.05, 3.63) is 30.5 Å². The highest BCUT2D eigenvalue weighted by Gasteiger charge is 2.19. The van der Waals surface area contributed by atoms with Crippen molar-refractivity contribution in [2.45, 2.75) is 48.6 Å². The zero-order valence-electron chi connectivity index (χ0n) is 14.6. The second-order valence-corrected chi connectivity index (χ2v) is 7.77. The quantitative estimate of drug-likeness (QED) is 0.773. The predicted molar refractivity (Wildman–Crippen MR) is 103 cm³/mol. The average molecular weight is 356 g/mol. The Hall–Kier alpha value is -1.82. The molecule has 2 aliphatic heterocycles. The molecule has 5 nitrogen and oxygen atoms in total. The lowest BCUT2D eigenvalue weighted by Gasteiger charge is -2.31. The maximum Gasteiger partial charge on any atom is 0.228 e. The summed E-state index contributed by atoms with van der Waals surface area (Å²) in [7, 11) is 0. The van der Waals surface area contributed by atoms with Gasteiger partial charge >= 0.3 is 0 Å². The molecule has 6 heteroatoms. The molecule has 2 fully saturated rings. The summed E-state index contributed by atoms with van der Waals surface area (Å²) in [4.78, 5) is 19.0. The molecule has 0 spiro atoms. The van der Waals surface area contributed by atoms with Gasteiger partial charge < -0.3 is 9.80 Å². The average Bonchev–Trinajstić information content (AvgIpc) is 2.70. The van der Waals surface area contributed by atoms with Gasteiger partial charge in [-0.2, -0.15) is 4.98 Å². The second-order valence-electron chi connectivity index (χ2n) is 6.73. The zero-order valence-corrected chi connectivity index (χ0v) is 15.4. The van der Waals surface area contributed by atoms with Gasteiger partial charge in [-0.3, -0.25) is 0 Å². The van der Waals surface area contributed by atoms with Crippen LogP contribution >= 0.6 is 11.8 Å². The minimum absolute atomic E-state index is 0.890. The molecular weight excluding hydrogens is 330 g/mol. The van der Waals surface area contributed by atoms with Gasteiger partial charge in [0.2, 0.25) is 5.95 Å². The lowest BCUT2D eigenvalue weighted by molar-refractivity contribution is 0.558. The summed E-state index contributed by atoms with van der Waals surface area (Å²) in [6.07, 6.45) is 9.46. The van der Waals surface area contributed by atoms with E-state index in [0.717, 1.165) is 48.0 Å². The molecule has 4 rings (SSSR count). The summed E-state index contributed by atoms with van der Waals surface area (Å²) < 4.78 is 0. The number of piperidine rings is 2. The Morgan fingerprint density at radius 1 is 0.760 bits per heavy atom. The van der Waals surface area contributed by atoms with Crippen LogP contribution in [0.5, 0.6) is 0 Å². The lowest BCUT2D eigenvalue weighted by atomic mass is 10.1. The SMILES string of the molecule is c1ccc(Sc2cc(N3CCCCC3)nc(N3CCCCC3)n2)nc1. The van der Waals surface area contributed by atoms with Gasteiger partial charge in [-0.25, -0.2) is 9.97 Å².